The molecule has 3 aromatic rings. The molecule has 106 valence electrons. The SMILES string of the molecule is CNc1cc(Cn2ncc3ccc([N+](=O)[O-])cc32)ccn1. The summed E-state index contributed by atoms with van der Waals surface area (Å²) in [5.74, 6) is 0.773. The number of nitro benzene ring substituents is 1. The van der Waals surface area contributed by atoms with Gasteiger partial charge in [0.1, 0.15) is 5.82 Å². The highest BCUT2D eigenvalue weighted by atomic mass is 16.6. The van der Waals surface area contributed by atoms with E-state index in [2.05, 4.69) is 15.4 Å². The van der Waals surface area contributed by atoms with Gasteiger partial charge < -0.3 is 5.32 Å². The maximum atomic E-state index is 10.9. The lowest BCUT2D eigenvalue weighted by atomic mass is 10.2. The first-order valence-corrected chi connectivity index (χ1v) is 6.40. The Morgan fingerprint density at radius 2 is 2.19 bits per heavy atom. The molecule has 21 heavy (non-hydrogen) atoms. The van der Waals surface area contributed by atoms with Crippen molar-refractivity contribution >= 4 is 22.4 Å². The third-order valence-corrected chi connectivity index (χ3v) is 3.25. The molecule has 7 nitrogen and oxygen atoms in total. The maximum absolute atomic E-state index is 10.9. The molecule has 0 spiro atoms. The van der Waals surface area contributed by atoms with E-state index in [1.807, 2.05) is 12.1 Å². The van der Waals surface area contributed by atoms with Crippen LogP contribution in [-0.4, -0.2) is 26.7 Å². The molecule has 0 aliphatic carbocycles. The fourth-order valence-electron chi connectivity index (χ4n) is 2.18. The zero-order chi connectivity index (χ0) is 14.8. The number of hydrogen-bond acceptors (Lipinski definition) is 5. The highest BCUT2D eigenvalue weighted by Crippen LogP contribution is 2.21. The van der Waals surface area contributed by atoms with E-state index in [-0.39, 0.29) is 5.69 Å². The summed E-state index contributed by atoms with van der Waals surface area (Å²) >= 11 is 0. The summed E-state index contributed by atoms with van der Waals surface area (Å²) in [6, 6.07) is 8.56. The van der Waals surface area contributed by atoms with E-state index in [0.717, 1.165) is 22.3 Å². The number of nitro groups is 1. The van der Waals surface area contributed by atoms with Crippen LogP contribution in [0.25, 0.3) is 10.9 Å². The minimum atomic E-state index is -0.400. The van der Waals surface area contributed by atoms with E-state index < -0.39 is 4.92 Å². The van der Waals surface area contributed by atoms with Gasteiger partial charge in [0.15, 0.2) is 0 Å². The Balaban J connectivity index is 1.99. The van der Waals surface area contributed by atoms with E-state index in [9.17, 15) is 10.1 Å². The molecule has 0 amide bonds. The third kappa shape index (κ3) is 2.53. The number of rotatable bonds is 4. The highest BCUT2D eigenvalue weighted by molar-refractivity contribution is 5.81. The lowest BCUT2D eigenvalue weighted by Gasteiger charge is -2.06. The fourth-order valence-corrected chi connectivity index (χ4v) is 2.18. The van der Waals surface area contributed by atoms with E-state index in [4.69, 9.17) is 0 Å². The first-order chi connectivity index (χ1) is 10.2. The van der Waals surface area contributed by atoms with Crippen molar-refractivity contribution in [3.63, 3.8) is 0 Å². The molecule has 0 fully saturated rings. The Kier molecular flexibility index (Phi) is 3.23. The van der Waals surface area contributed by atoms with Crippen molar-refractivity contribution in [2.24, 2.45) is 0 Å². The monoisotopic (exact) mass is 283 g/mol. The van der Waals surface area contributed by atoms with Gasteiger partial charge in [-0.2, -0.15) is 5.10 Å². The van der Waals surface area contributed by atoms with E-state index >= 15 is 0 Å². The normalized spacial score (nSPS) is 10.7. The highest BCUT2D eigenvalue weighted by Gasteiger charge is 2.10. The number of anilines is 1. The van der Waals surface area contributed by atoms with Gasteiger partial charge >= 0.3 is 0 Å². The second-order valence-corrected chi connectivity index (χ2v) is 4.60. The summed E-state index contributed by atoms with van der Waals surface area (Å²) in [5, 5.41) is 19.0. The zero-order valence-electron chi connectivity index (χ0n) is 11.4. The Hall–Kier alpha value is -2.96. The second-order valence-electron chi connectivity index (χ2n) is 4.60. The summed E-state index contributed by atoms with van der Waals surface area (Å²) in [5.41, 5.74) is 1.83. The number of nitrogens with zero attached hydrogens (tertiary/aromatic N) is 4. The van der Waals surface area contributed by atoms with Crippen molar-refractivity contribution in [1.82, 2.24) is 14.8 Å². The van der Waals surface area contributed by atoms with Crippen molar-refractivity contribution in [2.45, 2.75) is 6.54 Å². The zero-order valence-corrected chi connectivity index (χ0v) is 11.4. The van der Waals surface area contributed by atoms with Gasteiger partial charge in [-0.25, -0.2) is 4.98 Å². The Bertz CT molecular complexity index is 812. The Morgan fingerprint density at radius 1 is 1.33 bits per heavy atom. The van der Waals surface area contributed by atoms with Crippen molar-refractivity contribution in [1.29, 1.82) is 0 Å². The van der Waals surface area contributed by atoms with Gasteiger partial charge in [0.25, 0.3) is 5.69 Å². The summed E-state index contributed by atoms with van der Waals surface area (Å²) in [4.78, 5) is 14.6. The molecule has 0 aliphatic heterocycles. The third-order valence-electron chi connectivity index (χ3n) is 3.25. The molecular weight excluding hydrogens is 270 g/mol. The summed E-state index contributed by atoms with van der Waals surface area (Å²) in [7, 11) is 1.80. The summed E-state index contributed by atoms with van der Waals surface area (Å²) in [6.07, 6.45) is 3.43. The second kappa shape index (κ2) is 5.20. The molecule has 7 heteroatoms. The largest absolute Gasteiger partial charge is 0.373 e. The molecule has 0 radical (unpaired) electrons. The lowest BCUT2D eigenvalue weighted by molar-refractivity contribution is -0.384. The van der Waals surface area contributed by atoms with Gasteiger partial charge in [-0.1, -0.05) is 0 Å². The summed E-state index contributed by atoms with van der Waals surface area (Å²) in [6.45, 7) is 0.530. The van der Waals surface area contributed by atoms with Gasteiger partial charge in [-0.3, -0.25) is 14.8 Å². The molecule has 3 rings (SSSR count). The van der Waals surface area contributed by atoms with Crippen LogP contribution in [0.4, 0.5) is 11.5 Å². The first kappa shape index (κ1) is 13.0. The fraction of sp³-hybridized carbons (Fsp3) is 0.143. The average molecular weight is 283 g/mol. The van der Waals surface area contributed by atoms with E-state index in [0.29, 0.717) is 6.54 Å². The smallest absolute Gasteiger partial charge is 0.271 e. The Morgan fingerprint density at radius 3 is 2.95 bits per heavy atom. The predicted molar refractivity (Wildman–Crippen MR) is 79.3 cm³/mol. The van der Waals surface area contributed by atoms with Crippen LogP contribution in [-0.2, 0) is 6.54 Å². The van der Waals surface area contributed by atoms with Crippen LogP contribution < -0.4 is 5.32 Å². The van der Waals surface area contributed by atoms with Gasteiger partial charge in [0, 0.05) is 30.8 Å². The van der Waals surface area contributed by atoms with Crippen molar-refractivity contribution in [3.8, 4) is 0 Å². The molecule has 0 atom stereocenters. The minimum absolute atomic E-state index is 0.0647. The molecular formula is C14H13N5O2. The van der Waals surface area contributed by atoms with Crippen LogP contribution in [0.2, 0.25) is 0 Å². The first-order valence-electron chi connectivity index (χ1n) is 6.40. The van der Waals surface area contributed by atoms with E-state index in [1.54, 1.807) is 36.3 Å². The number of aromatic nitrogens is 3. The molecule has 1 N–H and O–H groups in total. The van der Waals surface area contributed by atoms with Crippen LogP contribution in [0.3, 0.4) is 0 Å². The van der Waals surface area contributed by atoms with E-state index in [1.165, 1.54) is 6.07 Å². The van der Waals surface area contributed by atoms with Crippen molar-refractivity contribution in [2.75, 3.05) is 12.4 Å². The molecule has 0 unspecified atom stereocenters. The molecule has 2 aromatic heterocycles. The number of non-ortho nitro benzene ring substituents is 1. The van der Waals surface area contributed by atoms with Crippen molar-refractivity contribution in [3.05, 3.63) is 58.4 Å². The topological polar surface area (TPSA) is 85.9 Å². The number of benzene rings is 1. The maximum Gasteiger partial charge on any atom is 0.271 e. The summed E-state index contributed by atoms with van der Waals surface area (Å²) < 4.78 is 1.75. The van der Waals surface area contributed by atoms with Crippen LogP contribution in [0.1, 0.15) is 5.56 Å². The van der Waals surface area contributed by atoms with Gasteiger partial charge in [-0.15, -0.1) is 0 Å². The lowest BCUT2D eigenvalue weighted by Crippen LogP contribution is -2.03. The van der Waals surface area contributed by atoms with Crippen LogP contribution >= 0.6 is 0 Å². The number of hydrogen-bond donors (Lipinski definition) is 1. The van der Waals surface area contributed by atoms with Crippen molar-refractivity contribution < 1.29 is 4.92 Å². The van der Waals surface area contributed by atoms with Crippen LogP contribution in [0.15, 0.2) is 42.7 Å². The Labute approximate surface area is 120 Å². The standard InChI is InChI=1S/C14H13N5O2/c1-15-14-6-10(4-5-16-14)9-18-13-7-12(19(20)21)3-2-11(13)8-17-18/h2-8H,9H2,1H3,(H,15,16). The predicted octanol–water partition coefficient (Wildman–Crippen LogP) is 2.43. The number of pyridine rings is 1. The van der Waals surface area contributed by atoms with Crippen LogP contribution in [0.5, 0.6) is 0 Å². The molecule has 0 saturated heterocycles. The molecule has 0 saturated carbocycles. The average Bonchev–Trinajstić information content (AvgIpc) is 2.90. The quantitative estimate of drug-likeness (QED) is 0.587. The molecule has 1 aromatic carbocycles. The van der Waals surface area contributed by atoms with Gasteiger partial charge in [-0.05, 0) is 23.8 Å². The molecule has 0 aliphatic rings. The number of nitrogens with one attached hydrogen (secondary N) is 1. The molecule has 2 heterocycles. The minimum Gasteiger partial charge on any atom is -0.373 e. The number of fused-ring (bicyclic) bond motifs is 1. The van der Waals surface area contributed by atoms with Crippen LogP contribution in [0, 0.1) is 10.1 Å². The van der Waals surface area contributed by atoms with Gasteiger partial charge in [0.2, 0.25) is 0 Å². The van der Waals surface area contributed by atoms with Gasteiger partial charge in [0.05, 0.1) is 23.2 Å². The molecule has 0 bridgehead atoms.